The van der Waals surface area contributed by atoms with E-state index in [1.54, 1.807) is 54.4 Å². The van der Waals surface area contributed by atoms with Crippen LogP contribution in [0.25, 0.3) is 11.1 Å². The molecule has 1 unspecified atom stereocenters. The van der Waals surface area contributed by atoms with Gasteiger partial charge in [0.15, 0.2) is 0 Å². The number of halogens is 3. The molecular formula is C49H45F3N4O5S. The van der Waals surface area contributed by atoms with E-state index in [2.05, 4.69) is 25.7 Å². The van der Waals surface area contributed by atoms with Crippen molar-refractivity contribution in [2.24, 2.45) is 0 Å². The second kappa shape index (κ2) is 21.7. The molecule has 2 amide bonds. The molecule has 0 aliphatic heterocycles. The summed E-state index contributed by atoms with van der Waals surface area (Å²) in [6, 6.07) is 49.2. The average Bonchev–Trinajstić information content (AvgIpc) is 3.30. The highest BCUT2D eigenvalue weighted by atomic mass is 32.2. The second-order valence-electron chi connectivity index (χ2n) is 14.3. The number of rotatable bonds is 19. The predicted octanol–water partition coefficient (Wildman–Crippen LogP) is 9.42. The molecule has 5 aromatic carbocycles. The van der Waals surface area contributed by atoms with Gasteiger partial charge in [-0.05, 0) is 64.1 Å². The molecule has 1 heterocycles. The second-order valence-corrected chi connectivity index (χ2v) is 15.6. The highest BCUT2D eigenvalue weighted by Gasteiger charge is 2.43. The van der Waals surface area contributed by atoms with Crippen LogP contribution in [0.3, 0.4) is 0 Å². The molecule has 9 nitrogen and oxygen atoms in total. The van der Waals surface area contributed by atoms with Crippen LogP contribution in [0.15, 0.2) is 170 Å². The van der Waals surface area contributed by atoms with E-state index in [0.717, 1.165) is 27.8 Å². The van der Waals surface area contributed by atoms with Gasteiger partial charge in [-0.1, -0.05) is 152 Å². The molecule has 3 N–H and O–H groups in total. The quantitative estimate of drug-likeness (QED) is 0.0319. The summed E-state index contributed by atoms with van der Waals surface area (Å²) in [6.07, 6.45) is -3.95. The molecule has 0 saturated carbocycles. The molecule has 0 saturated heterocycles. The molecule has 0 spiro atoms. The van der Waals surface area contributed by atoms with Gasteiger partial charge in [0.2, 0.25) is 11.8 Å². The van der Waals surface area contributed by atoms with Crippen molar-refractivity contribution in [2.45, 2.75) is 48.7 Å². The summed E-state index contributed by atoms with van der Waals surface area (Å²) in [5.74, 6) is -4.24. The fraction of sp³-hybridized carbons (Fsp3) is 0.204. The van der Waals surface area contributed by atoms with Gasteiger partial charge in [0.25, 0.3) is 0 Å². The smallest absolute Gasteiger partial charge is 0.386 e. The third-order valence-corrected chi connectivity index (χ3v) is 11.6. The number of anilines is 1. The minimum atomic E-state index is -5.40. The predicted molar refractivity (Wildman–Crippen MR) is 235 cm³/mol. The molecule has 13 heteroatoms. The maximum Gasteiger partial charge on any atom is 0.491 e. The van der Waals surface area contributed by atoms with Crippen LogP contribution >= 0.6 is 11.8 Å². The fourth-order valence-electron chi connectivity index (χ4n) is 7.00. The highest BCUT2D eigenvalue weighted by molar-refractivity contribution is 8.00. The van der Waals surface area contributed by atoms with Crippen LogP contribution in [0.5, 0.6) is 0 Å². The first kappa shape index (κ1) is 44.8. The summed E-state index contributed by atoms with van der Waals surface area (Å²) in [4.78, 5) is 56.7. The average molecular weight is 859 g/mol. The number of hydrogen-bond donors (Lipinski definition) is 3. The lowest BCUT2D eigenvalue weighted by Crippen LogP contribution is -2.48. The zero-order valence-electron chi connectivity index (χ0n) is 33.6. The van der Waals surface area contributed by atoms with Crippen LogP contribution in [0.1, 0.15) is 54.0 Å². The van der Waals surface area contributed by atoms with Crippen molar-refractivity contribution in [3.63, 3.8) is 0 Å². The van der Waals surface area contributed by atoms with Crippen molar-refractivity contribution >= 4 is 41.3 Å². The first-order valence-corrected chi connectivity index (χ1v) is 21.0. The number of ether oxygens (including phenoxy) is 1. The topological polar surface area (TPSA) is 126 Å². The van der Waals surface area contributed by atoms with Gasteiger partial charge in [0.05, 0.1) is 17.2 Å². The minimum Gasteiger partial charge on any atom is -0.386 e. The monoisotopic (exact) mass is 858 g/mol. The number of alkyl halides is 3. The molecule has 1 aromatic heterocycles. The Morgan fingerprint density at radius 2 is 1.18 bits per heavy atom. The number of amides is 2. The largest absolute Gasteiger partial charge is 0.491 e. The Kier molecular flexibility index (Phi) is 15.7. The molecule has 6 rings (SSSR count). The Hall–Kier alpha value is -6.73. The SMILES string of the molecule is O=C(CCCNc1ccccn1)N[C@@H](CCSC(c1ccccc1)(c1ccccc1)c1ccccc1)C(=O)NC(CC(=O)OC(=O)C(F)(F)F)c1ccc(-c2ccccc2)cc1. The Morgan fingerprint density at radius 1 is 0.645 bits per heavy atom. The first-order chi connectivity index (χ1) is 30.0. The summed E-state index contributed by atoms with van der Waals surface area (Å²) in [6.45, 7) is 0.435. The molecule has 2 atom stereocenters. The molecule has 6 aromatic rings. The number of esters is 2. The van der Waals surface area contributed by atoms with E-state index in [1.807, 2.05) is 127 Å². The number of carbonyl (C=O) groups excluding carboxylic acids is 4. The Morgan fingerprint density at radius 3 is 1.71 bits per heavy atom. The molecule has 0 aliphatic carbocycles. The van der Waals surface area contributed by atoms with Crippen molar-refractivity contribution in [3.05, 3.63) is 192 Å². The molecule has 0 bridgehead atoms. The minimum absolute atomic E-state index is 0.0645. The fourth-order valence-corrected chi connectivity index (χ4v) is 8.57. The van der Waals surface area contributed by atoms with Crippen LogP contribution in [0, 0.1) is 0 Å². The van der Waals surface area contributed by atoms with Crippen LogP contribution in [0.2, 0.25) is 0 Å². The molecule has 62 heavy (non-hydrogen) atoms. The molecule has 0 fully saturated rings. The summed E-state index contributed by atoms with van der Waals surface area (Å²) >= 11 is 1.59. The van der Waals surface area contributed by atoms with Crippen molar-refractivity contribution in [3.8, 4) is 11.1 Å². The van der Waals surface area contributed by atoms with Crippen LogP contribution < -0.4 is 16.0 Å². The van der Waals surface area contributed by atoms with Gasteiger partial charge in [-0.15, -0.1) is 11.8 Å². The summed E-state index contributed by atoms with van der Waals surface area (Å²) in [5, 5.41) is 8.84. The molecule has 318 valence electrons. The zero-order chi connectivity index (χ0) is 43.8. The van der Waals surface area contributed by atoms with Gasteiger partial charge in [-0.25, -0.2) is 9.78 Å². The van der Waals surface area contributed by atoms with E-state index in [9.17, 15) is 32.3 Å². The number of nitrogens with zero attached hydrogens (tertiary/aromatic N) is 1. The summed E-state index contributed by atoms with van der Waals surface area (Å²) < 4.78 is 42.7. The highest BCUT2D eigenvalue weighted by Crippen LogP contribution is 2.48. The molecule has 0 radical (unpaired) electrons. The standard InChI is InChI=1S/C49H45F3N4O5S/c50-49(51,52)47(60)61-45(58)34-42(37-28-26-36(27-29-37)35-16-5-1-6-17-35)56-46(59)41(55-44(57)25-15-32-54-43-24-13-14-31-53-43)30-33-62-48(38-18-7-2-8-19-38,39-20-9-3-10-21-39)40-22-11-4-12-23-40/h1-14,16-24,26-29,31,41-42H,15,25,30,32-34H2,(H,53,54)(H,55,57)(H,56,59)/t41-,42?/m0/s1. The lowest BCUT2D eigenvalue weighted by atomic mass is 9.84. The summed E-state index contributed by atoms with van der Waals surface area (Å²) in [7, 11) is 0. The van der Waals surface area contributed by atoms with Crippen molar-refractivity contribution < 1.29 is 37.1 Å². The van der Waals surface area contributed by atoms with E-state index in [4.69, 9.17) is 0 Å². The summed E-state index contributed by atoms with van der Waals surface area (Å²) in [5.41, 5.74) is 5.07. The van der Waals surface area contributed by atoms with Crippen molar-refractivity contribution in [1.29, 1.82) is 0 Å². The molecule has 0 aliphatic rings. The van der Waals surface area contributed by atoms with Gasteiger partial charge in [0.1, 0.15) is 11.9 Å². The number of aromatic nitrogens is 1. The van der Waals surface area contributed by atoms with E-state index in [-0.39, 0.29) is 12.8 Å². The van der Waals surface area contributed by atoms with Gasteiger partial charge in [-0.2, -0.15) is 13.2 Å². The van der Waals surface area contributed by atoms with Gasteiger partial charge in [0, 0.05) is 19.2 Å². The third kappa shape index (κ3) is 12.2. The zero-order valence-corrected chi connectivity index (χ0v) is 34.4. The number of hydrogen-bond acceptors (Lipinski definition) is 8. The Labute approximate surface area is 362 Å². The van der Waals surface area contributed by atoms with E-state index >= 15 is 0 Å². The van der Waals surface area contributed by atoms with E-state index in [0.29, 0.717) is 30.1 Å². The third-order valence-electron chi connectivity index (χ3n) is 10.0. The van der Waals surface area contributed by atoms with Crippen LogP contribution in [-0.4, -0.2) is 53.3 Å². The number of nitrogens with one attached hydrogen (secondary N) is 3. The maximum absolute atomic E-state index is 14.4. The van der Waals surface area contributed by atoms with Crippen LogP contribution in [-0.2, 0) is 28.7 Å². The van der Waals surface area contributed by atoms with Gasteiger partial charge >= 0.3 is 18.1 Å². The van der Waals surface area contributed by atoms with E-state index in [1.165, 1.54) is 0 Å². The van der Waals surface area contributed by atoms with Crippen molar-refractivity contribution in [2.75, 3.05) is 17.6 Å². The van der Waals surface area contributed by atoms with E-state index < -0.39 is 53.2 Å². The van der Waals surface area contributed by atoms with Gasteiger partial charge < -0.3 is 20.7 Å². The number of benzene rings is 5. The van der Waals surface area contributed by atoms with Gasteiger partial charge in [-0.3, -0.25) is 14.4 Å². The first-order valence-electron chi connectivity index (χ1n) is 20.1. The Balaban J connectivity index is 1.27. The van der Waals surface area contributed by atoms with Crippen molar-refractivity contribution in [1.82, 2.24) is 15.6 Å². The lowest BCUT2D eigenvalue weighted by molar-refractivity contribution is -0.202. The van der Waals surface area contributed by atoms with Crippen LogP contribution in [0.4, 0.5) is 19.0 Å². The molecular weight excluding hydrogens is 814 g/mol. The lowest BCUT2D eigenvalue weighted by Gasteiger charge is -2.36. The number of carbonyl (C=O) groups is 4. The number of thioether (sulfide) groups is 1. The Bertz CT molecular complexity index is 2260. The maximum atomic E-state index is 14.4. The normalized spacial score (nSPS) is 12.4. The number of pyridine rings is 1.